The molecule has 0 spiro atoms. The molecule has 22 heavy (non-hydrogen) atoms. The first kappa shape index (κ1) is 12.6. The van der Waals surface area contributed by atoms with Crippen molar-refractivity contribution >= 4 is 17.5 Å². The Morgan fingerprint density at radius 2 is 1.64 bits per heavy atom. The van der Waals surface area contributed by atoms with Gasteiger partial charge in [0.15, 0.2) is 5.84 Å². The molecular formula is C17H13N5. The van der Waals surface area contributed by atoms with Crippen LogP contribution < -0.4 is 0 Å². The van der Waals surface area contributed by atoms with Crippen molar-refractivity contribution in [1.82, 2.24) is 14.8 Å². The molecule has 0 saturated heterocycles. The van der Waals surface area contributed by atoms with Crippen LogP contribution >= 0.6 is 0 Å². The zero-order valence-corrected chi connectivity index (χ0v) is 11.8. The van der Waals surface area contributed by atoms with E-state index in [0.29, 0.717) is 12.5 Å². The number of hydrogen-bond donors (Lipinski definition) is 0. The van der Waals surface area contributed by atoms with E-state index in [2.05, 4.69) is 27.2 Å². The van der Waals surface area contributed by atoms with Gasteiger partial charge in [0.05, 0.1) is 6.54 Å². The van der Waals surface area contributed by atoms with Crippen LogP contribution in [0, 0.1) is 0 Å². The lowest BCUT2D eigenvalue weighted by Gasteiger charge is -2.04. The molecule has 3 aromatic rings. The van der Waals surface area contributed by atoms with Crippen molar-refractivity contribution < 1.29 is 0 Å². The van der Waals surface area contributed by atoms with Gasteiger partial charge in [0, 0.05) is 5.56 Å². The van der Waals surface area contributed by atoms with Crippen LogP contribution in [-0.4, -0.2) is 26.3 Å². The van der Waals surface area contributed by atoms with Crippen LogP contribution in [0.4, 0.5) is 5.95 Å². The molecule has 106 valence electrons. The fourth-order valence-electron chi connectivity index (χ4n) is 2.39. The first-order valence-corrected chi connectivity index (χ1v) is 7.05. The highest BCUT2D eigenvalue weighted by atomic mass is 15.4. The van der Waals surface area contributed by atoms with Gasteiger partial charge in [0.1, 0.15) is 12.0 Å². The topological polar surface area (TPSA) is 55.4 Å². The molecule has 0 fully saturated rings. The molecular weight excluding hydrogens is 274 g/mol. The number of rotatable bonds is 3. The Morgan fingerprint density at radius 3 is 2.41 bits per heavy atom. The zero-order chi connectivity index (χ0) is 14.8. The van der Waals surface area contributed by atoms with Gasteiger partial charge in [-0.3, -0.25) is 4.99 Å². The first-order valence-electron chi connectivity index (χ1n) is 7.05. The van der Waals surface area contributed by atoms with Crippen LogP contribution in [0.25, 0.3) is 0 Å². The van der Waals surface area contributed by atoms with Crippen LogP contribution in [0.2, 0.25) is 0 Å². The van der Waals surface area contributed by atoms with Crippen LogP contribution in [0.15, 0.2) is 77.0 Å². The molecule has 1 aromatic heterocycles. The average molecular weight is 287 g/mol. The van der Waals surface area contributed by atoms with Gasteiger partial charge < -0.3 is 0 Å². The number of aromatic nitrogens is 3. The number of aliphatic imine (C=N–C) groups is 2. The molecule has 0 atom stereocenters. The Labute approximate surface area is 127 Å². The van der Waals surface area contributed by atoms with E-state index < -0.39 is 0 Å². The summed E-state index contributed by atoms with van der Waals surface area (Å²) < 4.78 is 1.69. The molecule has 2 heterocycles. The van der Waals surface area contributed by atoms with E-state index in [1.807, 2.05) is 48.5 Å². The van der Waals surface area contributed by atoms with Crippen molar-refractivity contribution in [2.45, 2.75) is 6.54 Å². The largest absolute Gasteiger partial charge is 0.260 e. The van der Waals surface area contributed by atoms with E-state index in [9.17, 15) is 0 Å². The molecule has 4 rings (SSSR count). The third-order valence-electron chi connectivity index (χ3n) is 3.46. The van der Waals surface area contributed by atoms with Crippen molar-refractivity contribution in [3.05, 3.63) is 78.1 Å². The fourth-order valence-corrected chi connectivity index (χ4v) is 2.39. The standard InChI is InChI=1S/C17H13N5/c1-3-7-13(8-4-1)11-18-16-15(14-9-5-2-6-10-14)21-17-19-12-20-22(16)17/h1-10,12H,11H2. The Bertz CT molecular complexity index is 847. The smallest absolute Gasteiger partial charge is 0.254 e. The van der Waals surface area contributed by atoms with E-state index >= 15 is 0 Å². The fraction of sp³-hybridized carbons (Fsp3) is 0.0588. The minimum absolute atomic E-state index is 0.575. The number of nitrogens with zero attached hydrogens (tertiary/aromatic N) is 5. The van der Waals surface area contributed by atoms with Gasteiger partial charge in [0.25, 0.3) is 5.95 Å². The highest BCUT2D eigenvalue weighted by Crippen LogP contribution is 2.20. The predicted molar refractivity (Wildman–Crippen MR) is 85.6 cm³/mol. The summed E-state index contributed by atoms with van der Waals surface area (Å²) in [6.07, 6.45) is 1.50. The van der Waals surface area contributed by atoms with Gasteiger partial charge in [-0.05, 0) is 5.56 Å². The van der Waals surface area contributed by atoms with Crippen molar-refractivity contribution in [3.63, 3.8) is 0 Å². The SMILES string of the molecule is c1ccc(CN=C2C(c3ccccc3)=Nc3ncnn32)cc1. The van der Waals surface area contributed by atoms with E-state index in [0.717, 1.165) is 22.7 Å². The molecule has 2 aromatic carbocycles. The molecule has 0 bridgehead atoms. The second kappa shape index (κ2) is 5.37. The highest BCUT2D eigenvalue weighted by Gasteiger charge is 2.24. The molecule has 0 amide bonds. The summed E-state index contributed by atoms with van der Waals surface area (Å²) in [5.74, 6) is 1.31. The lowest BCUT2D eigenvalue weighted by molar-refractivity contribution is 0.932. The summed E-state index contributed by atoms with van der Waals surface area (Å²) in [5.41, 5.74) is 2.98. The number of fused-ring (bicyclic) bond motifs is 1. The van der Waals surface area contributed by atoms with E-state index in [4.69, 9.17) is 4.99 Å². The Kier molecular flexibility index (Phi) is 3.08. The zero-order valence-electron chi connectivity index (χ0n) is 11.8. The highest BCUT2D eigenvalue weighted by molar-refractivity contribution is 6.50. The molecule has 0 radical (unpaired) electrons. The molecule has 0 saturated carbocycles. The molecule has 5 heteroatoms. The minimum Gasteiger partial charge on any atom is -0.260 e. The minimum atomic E-state index is 0.575. The summed E-state index contributed by atoms with van der Waals surface area (Å²) >= 11 is 0. The van der Waals surface area contributed by atoms with Gasteiger partial charge in [-0.1, -0.05) is 60.7 Å². The lowest BCUT2D eigenvalue weighted by atomic mass is 10.1. The van der Waals surface area contributed by atoms with Crippen LogP contribution in [0.3, 0.4) is 0 Å². The summed E-state index contributed by atoms with van der Waals surface area (Å²) in [6, 6.07) is 20.1. The van der Waals surface area contributed by atoms with Crippen molar-refractivity contribution in [3.8, 4) is 0 Å². The summed E-state index contributed by atoms with van der Waals surface area (Å²) in [5, 5.41) is 4.23. The normalized spacial score (nSPS) is 14.9. The van der Waals surface area contributed by atoms with Gasteiger partial charge in [-0.15, -0.1) is 0 Å². The van der Waals surface area contributed by atoms with E-state index in [1.54, 1.807) is 4.68 Å². The molecule has 1 aliphatic rings. The maximum Gasteiger partial charge on any atom is 0.254 e. The summed E-state index contributed by atoms with van der Waals surface area (Å²) in [4.78, 5) is 13.4. The molecule has 0 unspecified atom stereocenters. The number of hydrogen-bond acceptors (Lipinski definition) is 4. The van der Waals surface area contributed by atoms with E-state index in [-0.39, 0.29) is 0 Å². The molecule has 5 nitrogen and oxygen atoms in total. The second-order valence-electron chi connectivity index (χ2n) is 4.92. The van der Waals surface area contributed by atoms with Crippen molar-refractivity contribution in [2.75, 3.05) is 0 Å². The van der Waals surface area contributed by atoms with Gasteiger partial charge in [-0.25, -0.2) is 4.99 Å². The Hall–Kier alpha value is -3.08. The number of benzene rings is 2. The summed E-state index contributed by atoms with van der Waals surface area (Å²) in [6.45, 7) is 0.585. The summed E-state index contributed by atoms with van der Waals surface area (Å²) in [7, 11) is 0. The quantitative estimate of drug-likeness (QED) is 0.743. The lowest BCUT2D eigenvalue weighted by Crippen LogP contribution is -2.20. The van der Waals surface area contributed by atoms with Gasteiger partial charge >= 0.3 is 0 Å². The third-order valence-corrected chi connectivity index (χ3v) is 3.46. The van der Waals surface area contributed by atoms with E-state index in [1.165, 1.54) is 6.33 Å². The van der Waals surface area contributed by atoms with Crippen LogP contribution in [-0.2, 0) is 6.54 Å². The maximum absolute atomic E-state index is 4.71. The van der Waals surface area contributed by atoms with Crippen molar-refractivity contribution in [2.24, 2.45) is 9.98 Å². The second-order valence-corrected chi connectivity index (χ2v) is 4.92. The van der Waals surface area contributed by atoms with Gasteiger partial charge in [0.2, 0.25) is 0 Å². The first-order chi connectivity index (χ1) is 10.9. The monoisotopic (exact) mass is 287 g/mol. The van der Waals surface area contributed by atoms with Crippen LogP contribution in [0.5, 0.6) is 0 Å². The Morgan fingerprint density at radius 1 is 0.909 bits per heavy atom. The molecule has 1 aliphatic heterocycles. The third kappa shape index (κ3) is 2.22. The molecule has 0 N–H and O–H groups in total. The van der Waals surface area contributed by atoms with Crippen molar-refractivity contribution in [1.29, 1.82) is 0 Å². The predicted octanol–water partition coefficient (Wildman–Crippen LogP) is 2.86. The molecule has 0 aliphatic carbocycles. The Balaban J connectivity index is 1.73. The average Bonchev–Trinajstić information content (AvgIpc) is 3.16. The maximum atomic E-state index is 4.71. The van der Waals surface area contributed by atoms with Crippen LogP contribution in [0.1, 0.15) is 11.1 Å². The van der Waals surface area contributed by atoms with Gasteiger partial charge in [-0.2, -0.15) is 14.8 Å².